The summed E-state index contributed by atoms with van der Waals surface area (Å²) in [5.41, 5.74) is 1.10. The average Bonchev–Trinajstić information content (AvgIpc) is 2.82. The fraction of sp³-hybridized carbons (Fsp3) is 0.214. The Morgan fingerprint density at radius 2 is 1.95 bits per heavy atom. The Morgan fingerprint density at radius 1 is 1.24 bits per heavy atom. The zero-order chi connectivity index (χ0) is 15.4. The number of aromatic amines is 1. The second kappa shape index (κ2) is 6.08. The van der Waals surface area contributed by atoms with Gasteiger partial charge in [-0.3, -0.25) is 4.79 Å². The second-order valence-electron chi connectivity index (χ2n) is 4.65. The molecule has 1 atom stereocenters. The number of carboxylic acid groups (broad SMARTS) is 2. The fourth-order valence-corrected chi connectivity index (χ4v) is 2.34. The predicted octanol–water partition coefficient (Wildman–Crippen LogP) is 1.72. The van der Waals surface area contributed by atoms with Gasteiger partial charge >= 0.3 is 11.9 Å². The summed E-state index contributed by atoms with van der Waals surface area (Å²) in [7, 11) is 0. The quantitative estimate of drug-likeness (QED) is 0.366. The van der Waals surface area contributed by atoms with E-state index < -0.39 is 30.0 Å². The van der Waals surface area contributed by atoms with E-state index in [0.29, 0.717) is 0 Å². The zero-order valence-electron chi connectivity index (χ0n) is 11.0. The Kier molecular flexibility index (Phi) is 4.22. The van der Waals surface area contributed by atoms with Gasteiger partial charge in [0.15, 0.2) is 5.71 Å². The number of oxime groups is 1. The number of aliphatic carboxylic acids is 2. The maximum atomic E-state index is 11.1. The number of nitrogens with one attached hydrogen (secondary N) is 1. The van der Waals surface area contributed by atoms with Crippen LogP contribution >= 0.6 is 0 Å². The van der Waals surface area contributed by atoms with Crippen molar-refractivity contribution in [1.29, 1.82) is 0 Å². The van der Waals surface area contributed by atoms with Crippen LogP contribution < -0.4 is 0 Å². The normalized spacial score (nSPS) is 13.2. The summed E-state index contributed by atoms with van der Waals surface area (Å²) in [6.45, 7) is 0. The van der Waals surface area contributed by atoms with Gasteiger partial charge in [-0.25, -0.2) is 4.79 Å². The molecule has 2 rings (SSSR count). The number of hydrogen-bond acceptors (Lipinski definition) is 4. The van der Waals surface area contributed by atoms with E-state index in [4.69, 9.17) is 15.4 Å². The molecule has 1 aromatic carbocycles. The molecule has 0 spiro atoms. The number of H-pyrrole nitrogens is 1. The maximum Gasteiger partial charge on any atom is 0.353 e. The first kappa shape index (κ1) is 14.6. The molecular weight excluding hydrogens is 276 g/mol. The summed E-state index contributed by atoms with van der Waals surface area (Å²) in [5.74, 6) is -3.49. The standard InChI is InChI=1S/C14H14N2O5/c17-12(18)6-8(13(16-21)14(19)20)5-9-7-15-11-4-2-1-3-10(9)11/h1-4,7-8,15,21H,5-6H2,(H,17,18)(H,19,20). The van der Waals surface area contributed by atoms with Crippen molar-refractivity contribution in [3.8, 4) is 0 Å². The molecule has 0 bridgehead atoms. The summed E-state index contributed by atoms with van der Waals surface area (Å²) in [5, 5.41) is 30.4. The van der Waals surface area contributed by atoms with Crippen molar-refractivity contribution in [3.63, 3.8) is 0 Å². The lowest BCUT2D eigenvalue weighted by molar-refractivity contribution is -0.137. The first-order valence-electron chi connectivity index (χ1n) is 6.25. The Balaban J connectivity index is 2.34. The minimum absolute atomic E-state index is 0.155. The Bertz CT molecular complexity index is 704. The number of aromatic nitrogens is 1. The van der Waals surface area contributed by atoms with Crippen molar-refractivity contribution in [1.82, 2.24) is 4.98 Å². The molecule has 0 amide bonds. The van der Waals surface area contributed by atoms with Crippen LogP contribution in [0.15, 0.2) is 35.6 Å². The predicted molar refractivity (Wildman–Crippen MR) is 74.6 cm³/mol. The van der Waals surface area contributed by atoms with Crippen LogP contribution in [0.5, 0.6) is 0 Å². The minimum atomic E-state index is -1.43. The average molecular weight is 290 g/mol. The molecule has 0 aliphatic rings. The number of carbonyl (C=O) groups is 2. The van der Waals surface area contributed by atoms with Gasteiger partial charge in [-0.15, -0.1) is 0 Å². The van der Waals surface area contributed by atoms with Gasteiger partial charge in [-0.1, -0.05) is 23.4 Å². The molecule has 7 nitrogen and oxygen atoms in total. The summed E-state index contributed by atoms with van der Waals surface area (Å²) < 4.78 is 0. The monoisotopic (exact) mass is 290 g/mol. The minimum Gasteiger partial charge on any atom is -0.481 e. The molecular formula is C14H14N2O5. The third-order valence-corrected chi connectivity index (χ3v) is 3.28. The molecule has 0 fully saturated rings. The molecule has 1 unspecified atom stereocenters. The largest absolute Gasteiger partial charge is 0.481 e. The molecule has 0 saturated heterocycles. The second-order valence-corrected chi connectivity index (χ2v) is 4.65. The molecule has 2 aromatic rings. The van der Waals surface area contributed by atoms with E-state index in [1.165, 1.54) is 0 Å². The van der Waals surface area contributed by atoms with E-state index in [9.17, 15) is 9.59 Å². The number of rotatable bonds is 6. The number of fused-ring (bicyclic) bond motifs is 1. The first-order chi connectivity index (χ1) is 10.0. The molecule has 0 aliphatic heterocycles. The molecule has 0 aliphatic carbocycles. The zero-order valence-corrected chi connectivity index (χ0v) is 11.0. The molecule has 21 heavy (non-hydrogen) atoms. The van der Waals surface area contributed by atoms with Gasteiger partial charge < -0.3 is 20.4 Å². The van der Waals surface area contributed by atoms with Gasteiger partial charge in [-0.2, -0.15) is 0 Å². The number of carboxylic acids is 2. The first-order valence-corrected chi connectivity index (χ1v) is 6.25. The number of benzene rings is 1. The molecule has 110 valence electrons. The number of para-hydroxylation sites is 1. The summed E-state index contributed by atoms with van der Waals surface area (Å²) in [4.78, 5) is 25.0. The highest BCUT2D eigenvalue weighted by molar-refractivity contribution is 6.36. The van der Waals surface area contributed by atoms with Crippen molar-refractivity contribution in [2.24, 2.45) is 11.1 Å². The highest BCUT2D eigenvalue weighted by atomic mass is 16.4. The van der Waals surface area contributed by atoms with Gasteiger partial charge in [0.1, 0.15) is 0 Å². The van der Waals surface area contributed by atoms with E-state index in [1.807, 2.05) is 24.3 Å². The van der Waals surface area contributed by atoms with Crippen molar-refractivity contribution < 1.29 is 25.0 Å². The molecule has 0 saturated carbocycles. The van der Waals surface area contributed by atoms with E-state index in [-0.39, 0.29) is 6.42 Å². The molecule has 0 radical (unpaired) electrons. The van der Waals surface area contributed by atoms with Gasteiger partial charge in [-0.05, 0) is 18.1 Å². The maximum absolute atomic E-state index is 11.1. The van der Waals surface area contributed by atoms with Gasteiger partial charge in [0, 0.05) is 23.0 Å². The van der Waals surface area contributed by atoms with E-state index >= 15 is 0 Å². The van der Waals surface area contributed by atoms with Crippen LogP contribution in [-0.4, -0.2) is 38.1 Å². The Hall–Kier alpha value is -2.83. The Labute approximate surface area is 119 Å². The van der Waals surface area contributed by atoms with Crippen LogP contribution in [0.25, 0.3) is 10.9 Å². The molecule has 1 aromatic heterocycles. The summed E-state index contributed by atoms with van der Waals surface area (Å²) in [6, 6.07) is 7.41. The van der Waals surface area contributed by atoms with Crippen molar-refractivity contribution in [2.75, 3.05) is 0 Å². The van der Waals surface area contributed by atoms with Gasteiger partial charge in [0.05, 0.1) is 6.42 Å². The van der Waals surface area contributed by atoms with Crippen molar-refractivity contribution in [3.05, 3.63) is 36.0 Å². The lowest BCUT2D eigenvalue weighted by atomic mass is 9.91. The third kappa shape index (κ3) is 3.19. The van der Waals surface area contributed by atoms with Crippen molar-refractivity contribution >= 4 is 28.6 Å². The van der Waals surface area contributed by atoms with Crippen LogP contribution in [0.1, 0.15) is 12.0 Å². The fourth-order valence-electron chi connectivity index (χ4n) is 2.34. The highest BCUT2D eigenvalue weighted by Crippen LogP contribution is 2.23. The van der Waals surface area contributed by atoms with E-state index in [2.05, 4.69) is 10.1 Å². The Morgan fingerprint density at radius 3 is 2.57 bits per heavy atom. The van der Waals surface area contributed by atoms with Gasteiger partial charge in [0.2, 0.25) is 0 Å². The highest BCUT2D eigenvalue weighted by Gasteiger charge is 2.27. The number of hydrogen-bond donors (Lipinski definition) is 4. The van der Waals surface area contributed by atoms with Crippen LogP contribution in [0.4, 0.5) is 0 Å². The van der Waals surface area contributed by atoms with Crippen molar-refractivity contribution in [2.45, 2.75) is 12.8 Å². The lowest BCUT2D eigenvalue weighted by Gasteiger charge is -2.13. The SMILES string of the molecule is O=C(O)CC(Cc1c[nH]c2ccccc12)C(=NO)C(=O)O. The smallest absolute Gasteiger partial charge is 0.353 e. The van der Waals surface area contributed by atoms with Crippen LogP contribution in [0.3, 0.4) is 0 Å². The molecule has 1 heterocycles. The lowest BCUT2D eigenvalue weighted by Crippen LogP contribution is -2.27. The van der Waals surface area contributed by atoms with Crippen LogP contribution in [-0.2, 0) is 16.0 Å². The molecule has 7 heteroatoms. The van der Waals surface area contributed by atoms with Crippen LogP contribution in [0.2, 0.25) is 0 Å². The summed E-state index contributed by atoms with van der Waals surface area (Å²) >= 11 is 0. The van der Waals surface area contributed by atoms with E-state index in [1.54, 1.807) is 6.20 Å². The molecule has 4 N–H and O–H groups in total. The van der Waals surface area contributed by atoms with Crippen LogP contribution in [0, 0.1) is 5.92 Å². The van der Waals surface area contributed by atoms with Gasteiger partial charge in [0.25, 0.3) is 0 Å². The third-order valence-electron chi connectivity index (χ3n) is 3.28. The number of nitrogens with zero attached hydrogens (tertiary/aromatic N) is 1. The van der Waals surface area contributed by atoms with E-state index in [0.717, 1.165) is 16.5 Å². The topological polar surface area (TPSA) is 123 Å². The summed E-state index contributed by atoms with van der Waals surface area (Å²) in [6.07, 6.45) is 1.43.